The number of halogens is 1. The zero-order valence-electron chi connectivity index (χ0n) is 20.5. The van der Waals surface area contributed by atoms with Crippen LogP contribution in [0.2, 0.25) is 0 Å². The number of pyridine rings is 3. The number of hydrogen-bond donors (Lipinski definition) is 3. The number of anilines is 1. The van der Waals surface area contributed by atoms with Crippen molar-refractivity contribution in [2.75, 3.05) is 32.5 Å². The minimum Gasteiger partial charge on any atom is -0.384 e. The Balaban J connectivity index is 1.41. The number of H-pyrrole nitrogens is 2. The van der Waals surface area contributed by atoms with Gasteiger partial charge in [0.1, 0.15) is 11.5 Å². The first kappa shape index (κ1) is 22.8. The normalized spacial score (nSPS) is 11.6. The predicted octanol–water partition coefficient (Wildman–Crippen LogP) is 5.34. The number of benzene rings is 1. The third kappa shape index (κ3) is 4.52. The van der Waals surface area contributed by atoms with E-state index in [0.29, 0.717) is 17.8 Å². The second-order valence-corrected chi connectivity index (χ2v) is 9.19. The van der Waals surface area contributed by atoms with Crippen LogP contribution in [0.15, 0.2) is 73.3 Å². The van der Waals surface area contributed by atoms with Gasteiger partial charge in [0.15, 0.2) is 0 Å². The van der Waals surface area contributed by atoms with Crippen LogP contribution in [-0.4, -0.2) is 62.2 Å². The molecule has 0 unspecified atom stereocenters. The number of fused-ring (bicyclic) bond motifs is 2. The third-order valence-electron chi connectivity index (χ3n) is 6.27. The summed E-state index contributed by atoms with van der Waals surface area (Å²) >= 11 is 0. The van der Waals surface area contributed by atoms with Crippen LogP contribution in [0.5, 0.6) is 0 Å². The maximum absolute atomic E-state index is 14.6. The standard InChI is InChI=1S/C28H25FN8/c1-37(2)9-8-31-20-11-18(10-19(29)12-20)27-21-14-25(34-23(21)5-7-32-27)28-22-13-24(17-4-3-6-30-15-17)33-16-26(22)35-36-28/h3-7,10-16,31,34H,8-9H2,1-2H3,(H,35,36). The highest BCUT2D eigenvalue weighted by Gasteiger charge is 2.16. The molecule has 0 aliphatic heterocycles. The fraction of sp³-hybridized carbons (Fsp3) is 0.143. The number of nitrogens with zero attached hydrogens (tertiary/aromatic N) is 5. The first-order chi connectivity index (χ1) is 18.0. The van der Waals surface area contributed by atoms with Crippen molar-refractivity contribution in [1.82, 2.24) is 35.0 Å². The zero-order valence-corrected chi connectivity index (χ0v) is 20.5. The molecule has 0 spiro atoms. The number of nitrogens with one attached hydrogen (secondary N) is 3. The van der Waals surface area contributed by atoms with E-state index in [9.17, 15) is 4.39 Å². The number of rotatable bonds is 7. The highest BCUT2D eigenvalue weighted by Crippen LogP contribution is 2.34. The van der Waals surface area contributed by atoms with Gasteiger partial charge >= 0.3 is 0 Å². The van der Waals surface area contributed by atoms with Crippen LogP contribution >= 0.6 is 0 Å². The molecule has 1 aromatic carbocycles. The Morgan fingerprint density at radius 3 is 2.62 bits per heavy atom. The van der Waals surface area contributed by atoms with Crippen molar-refractivity contribution < 1.29 is 4.39 Å². The molecule has 5 aromatic heterocycles. The predicted molar refractivity (Wildman–Crippen MR) is 145 cm³/mol. The Hall–Kier alpha value is -4.63. The summed E-state index contributed by atoms with van der Waals surface area (Å²) in [5.74, 6) is -0.312. The van der Waals surface area contributed by atoms with E-state index in [1.165, 1.54) is 12.1 Å². The molecule has 6 aromatic rings. The maximum Gasteiger partial charge on any atom is 0.125 e. The van der Waals surface area contributed by atoms with Crippen LogP contribution in [0, 0.1) is 5.82 Å². The van der Waals surface area contributed by atoms with Gasteiger partial charge in [-0.2, -0.15) is 5.10 Å². The molecule has 0 saturated heterocycles. The van der Waals surface area contributed by atoms with E-state index in [4.69, 9.17) is 0 Å². The number of aromatic nitrogens is 6. The lowest BCUT2D eigenvalue weighted by Crippen LogP contribution is -2.20. The van der Waals surface area contributed by atoms with Gasteiger partial charge in [0.25, 0.3) is 0 Å². The van der Waals surface area contributed by atoms with Crippen molar-refractivity contribution in [2.45, 2.75) is 0 Å². The topological polar surface area (TPSA) is 98.4 Å². The van der Waals surface area contributed by atoms with Gasteiger partial charge in [-0.25, -0.2) is 4.39 Å². The van der Waals surface area contributed by atoms with Gasteiger partial charge < -0.3 is 15.2 Å². The van der Waals surface area contributed by atoms with E-state index in [-0.39, 0.29) is 5.82 Å². The van der Waals surface area contributed by atoms with Gasteiger partial charge in [0, 0.05) is 64.8 Å². The molecular formula is C28H25FN8. The molecule has 0 bridgehead atoms. The van der Waals surface area contributed by atoms with E-state index in [1.54, 1.807) is 24.8 Å². The van der Waals surface area contributed by atoms with Gasteiger partial charge in [-0.05, 0) is 62.6 Å². The number of aromatic amines is 2. The van der Waals surface area contributed by atoms with Crippen molar-refractivity contribution in [2.24, 2.45) is 0 Å². The summed E-state index contributed by atoms with van der Waals surface area (Å²) in [5, 5.41) is 12.8. The molecule has 9 heteroatoms. The summed E-state index contributed by atoms with van der Waals surface area (Å²) in [6, 6.07) is 14.8. The van der Waals surface area contributed by atoms with Gasteiger partial charge in [0.2, 0.25) is 0 Å². The Bertz CT molecular complexity index is 1700. The van der Waals surface area contributed by atoms with Crippen molar-refractivity contribution in [3.05, 3.63) is 79.1 Å². The van der Waals surface area contributed by atoms with Crippen LogP contribution in [0.1, 0.15) is 0 Å². The first-order valence-corrected chi connectivity index (χ1v) is 12.0. The lowest BCUT2D eigenvalue weighted by atomic mass is 10.1. The maximum atomic E-state index is 14.6. The van der Waals surface area contributed by atoms with E-state index >= 15 is 0 Å². The molecule has 0 radical (unpaired) electrons. The average Bonchev–Trinajstić information content (AvgIpc) is 3.52. The van der Waals surface area contributed by atoms with Crippen molar-refractivity contribution in [1.29, 1.82) is 0 Å². The minimum absolute atomic E-state index is 0.312. The summed E-state index contributed by atoms with van der Waals surface area (Å²) in [5.41, 5.74) is 7.21. The molecule has 0 saturated carbocycles. The van der Waals surface area contributed by atoms with E-state index in [1.807, 2.05) is 50.5 Å². The highest BCUT2D eigenvalue weighted by atomic mass is 19.1. The van der Waals surface area contributed by atoms with Crippen LogP contribution in [0.25, 0.3) is 55.7 Å². The van der Waals surface area contributed by atoms with Crippen LogP contribution in [0.4, 0.5) is 10.1 Å². The molecule has 37 heavy (non-hydrogen) atoms. The minimum atomic E-state index is -0.312. The van der Waals surface area contributed by atoms with Crippen LogP contribution in [-0.2, 0) is 0 Å². The average molecular weight is 493 g/mol. The molecule has 3 N–H and O–H groups in total. The second-order valence-electron chi connectivity index (χ2n) is 9.19. The smallest absolute Gasteiger partial charge is 0.125 e. The molecule has 5 heterocycles. The lowest BCUT2D eigenvalue weighted by Gasteiger charge is -2.12. The van der Waals surface area contributed by atoms with E-state index in [0.717, 1.165) is 56.7 Å². The van der Waals surface area contributed by atoms with E-state index < -0.39 is 0 Å². The Morgan fingerprint density at radius 2 is 1.78 bits per heavy atom. The molecule has 0 atom stereocenters. The molecule has 0 aliphatic rings. The zero-order chi connectivity index (χ0) is 25.4. The molecule has 6 rings (SSSR count). The molecule has 0 aliphatic carbocycles. The van der Waals surface area contributed by atoms with Crippen molar-refractivity contribution in [3.63, 3.8) is 0 Å². The lowest BCUT2D eigenvalue weighted by molar-refractivity contribution is 0.425. The summed E-state index contributed by atoms with van der Waals surface area (Å²) in [6.45, 7) is 1.56. The molecule has 8 nitrogen and oxygen atoms in total. The molecule has 0 amide bonds. The number of likely N-dealkylation sites (N-methyl/N-ethyl adjacent to an activating group) is 1. The fourth-order valence-electron chi connectivity index (χ4n) is 4.46. The Kier molecular flexibility index (Phi) is 5.82. The van der Waals surface area contributed by atoms with Crippen LogP contribution < -0.4 is 5.32 Å². The monoisotopic (exact) mass is 492 g/mol. The first-order valence-electron chi connectivity index (χ1n) is 12.0. The van der Waals surface area contributed by atoms with Crippen molar-refractivity contribution >= 4 is 27.5 Å². The fourth-order valence-corrected chi connectivity index (χ4v) is 4.46. The summed E-state index contributed by atoms with van der Waals surface area (Å²) in [6.07, 6.45) is 7.04. The SMILES string of the molecule is CN(C)CCNc1cc(F)cc(-c2nccc3[nH]c(-c4n[nH]c5cnc(-c6cccnc6)cc45)cc23)c1. The molecular weight excluding hydrogens is 467 g/mol. The molecule has 184 valence electrons. The van der Waals surface area contributed by atoms with Gasteiger partial charge in [-0.15, -0.1) is 0 Å². The number of hydrogen-bond acceptors (Lipinski definition) is 6. The van der Waals surface area contributed by atoms with Gasteiger partial charge in [0.05, 0.1) is 28.8 Å². The van der Waals surface area contributed by atoms with Crippen molar-refractivity contribution in [3.8, 4) is 33.9 Å². The summed E-state index contributed by atoms with van der Waals surface area (Å²) in [7, 11) is 4.01. The van der Waals surface area contributed by atoms with Gasteiger partial charge in [-0.1, -0.05) is 0 Å². The summed E-state index contributed by atoms with van der Waals surface area (Å²) in [4.78, 5) is 18.9. The quantitative estimate of drug-likeness (QED) is 0.278. The Morgan fingerprint density at radius 1 is 0.892 bits per heavy atom. The van der Waals surface area contributed by atoms with Gasteiger partial charge in [-0.3, -0.25) is 20.1 Å². The largest absolute Gasteiger partial charge is 0.384 e. The summed E-state index contributed by atoms with van der Waals surface area (Å²) < 4.78 is 14.6. The second kappa shape index (κ2) is 9.44. The highest BCUT2D eigenvalue weighted by molar-refractivity contribution is 6.00. The Labute approximate surface area is 212 Å². The van der Waals surface area contributed by atoms with E-state index in [2.05, 4.69) is 40.3 Å². The molecule has 0 fully saturated rings. The van der Waals surface area contributed by atoms with Crippen LogP contribution in [0.3, 0.4) is 0 Å². The third-order valence-corrected chi connectivity index (χ3v) is 6.27.